The predicted molar refractivity (Wildman–Crippen MR) is 94.9 cm³/mol. The number of nitrogens with zero attached hydrogens (tertiary/aromatic N) is 1. The molecule has 1 amide bonds. The summed E-state index contributed by atoms with van der Waals surface area (Å²) in [5.41, 5.74) is 3.35. The van der Waals surface area contributed by atoms with E-state index in [-0.39, 0.29) is 11.2 Å². The zero-order chi connectivity index (χ0) is 16.8. The highest BCUT2D eigenvalue weighted by Crippen LogP contribution is 2.32. The lowest BCUT2D eigenvalue weighted by Gasteiger charge is -2.19. The summed E-state index contributed by atoms with van der Waals surface area (Å²) < 4.78 is 11.1. The van der Waals surface area contributed by atoms with Gasteiger partial charge in [-0.3, -0.25) is 4.79 Å². The summed E-state index contributed by atoms with van der Waals surface area (Å²) in [6, 6.07) is 15.4. The Hall–Kier alpha value is -2.47. The van der Waals surface area contributed by atoms with Crippen molar-refractivity contribution in [3.63, 3.8) is 0 Å². The first-order chi connectivity index (χ1) is 11.7. The molecule has 1 aliphatic rings. The van der Waals surface area contributed by atoms with Crippen LogP contribution in [0.25, 0.3) is 0 Å². The Labute approximate surface area is 145 Å². The van der Waals surface area contributed by atoms with E-state index >= 15 is 0 Å². The van der Waals surface area contributed by atoms with Gasteiger partial charge in [-0.2, -0.15) is 5.10 Å². The fraction of sp³-hybridized carbons (Fsp3) is 0.222. The molecule has 2 aromatic carbocycles. The third-order valence-corrected chi connectivity index (χ3v) is 4.51. The van der Waals surface area contributed by atoms with E-state index in [0.717, 1.165) is 10.5 Å². The summed E-state index contributed by atoms with van der Waals surface area (Å²) in [5, 5.41) is 3.80. The van der Waals surface area contributed by atoms with Gasteiger partial charge in [0.05, 0.1) is 11.5 Å². The monoisotopic (exact) mass is 342 g/mol. The van der Waals surface area contributed by atoms with E-state index in [9.17, 15) is 4.79 Å². The second kappa shape index (κ2) is 7.88. The Kier molecular flexibility index (Phi) is 5.38. The molecule has 6 heteroatoms. The van der Waals surface area contributed by atoms with Crippen molar-refractivity contribution in [2.75, 3.05) is 13.2 Å². The van der Waals surface area contributed by atoms with Gasteiger partial charge in [0.25, 0.3) is 5.91 Å². The number of hydrogen-bond acceptors (Lipinski definition) is 5. The molecule has 24 heavy (non-hydrogen) atoms. The van der Waals surface area contributed by atoms with Crippen molar-refractivity contribution in [3.05, 3.63) is 54.1 Å². The van der Waals surface area contributed by atoms with Gasteiger partial charge in [0.15, 0.2) is 11.5 Å². The topological polar surface area (TPSA) is 59.9 Å². The Morgan fingerprint density at radius 2 is 1.96 bits per heavy atom. The SMILES string of the molecule is C[C@@H](Sc1ccccc1)C(=O)N/N=C\c1cccc2c1OCCO2. The van der Waals surface area contributed by atoms with Crippen LogP contribution in [0.2, 0.25) is 0 Å². The highest BCUT2D eigenvalue weighted by molar-refractivity contribution is 8.00. The lowest BCUT2D eigenvalue weighted by molar-refractivity contribution is -0.120. The lowest BCUT2D eigenvalue weighted by atomic mass is 10.2. The lowest BCUT2D eigenvalue weighted by Crippen LogP contribution is -2.26. The third kappa shape index (κ3) is 4.08. The minimum absolute atomic E-state index is 0.151. The number of carbonyl (C=O) groups is 1. The molecule has 0 radical (unpaired) electrons. The summed E-state index contributed by atoms with van der Waals surface area (Å²) in [5.74, 6) is 1.21. The molecular formula is C18H18N2O3S. The van der Waals surface area contributed by atoms with E-state index in [0.29, 0.717) is 24.7 Å². The predicted octanol–water partition coefficient (Wildman–Crippen LogP) is 3.09. The van der Waals surface area contributed by atoms with Gasteiger partial charge >= 0.3 is 0 Å². The van der Waals surface area contributed by atoms with Crippen LogP contribution in [0.4, 0.5) is 0 Å². The Bertz CT molecular complexity index is 734. The molecule has 3 rings (SSSR count). The third-order valence-electron chi connectivity index (χ3n) is 3.40. The summed E-state index contributed by atoms with van der Waals surface area (Å²) in [6.45, 7) is 2.90. The average Bonchev–Trinajstić information content (AvgIpc) is 2.62. The van der Waals surface area contributed by atoms with Crippen molar-refractivity contribution in [2.24, 2.45) is 5.10 Å². The van der Waals surface area contributed by atoms with E-state index in [1.54, 1.807) is 6.21 Å². The zero-order valence-electron chi connectivity index (χ0n) is 13.3. The fourth-order valence-electron chi connectivity index (χ4n) is 2.21. The first-order valence-electron chi connectivity index (χ1n) is 7.67. The highest BCUT2D eigenvalue weighted by Gasteiger charge is 2.15. The van der Waals surface area contributed by atoms with Gasteiger partial charge in [-0.15, -0.1) is 11.8 Å². The number of hydrazone groups is 1. The molecule has 1 N–H and O–H groups in total. The summed E-state index contributed by atoms with van der Waals surface area (Å²) in [6.07, 6.45) is 1.57. The van der Waals surface area contributed by atoms with Crippen LogP contribution < -0.4 is 14.9 Å². The van der Waals surface area contributed by atoms with E-state index in [4.69, 9.17) is 9.47 Å². The maximum atomic E-state index is 12.1. The molecule has 0 saturated heterocycles. The Morgan fingerprint density at radius 3 is 2.79 bits per heavy atom. The molecule has 0 aliphatic carbocycles. The van der Waals surface area contributed by atoms with E-state index in [1.165, 1.54) is 11.8 Å². The van der Waals surface area contributed by atoms with Gasteiger partial charge in [0.2, 0.25) is 0 Å². The van der Waals surface area contributed by atoms with Crippen LogP contribution in [0.15, 0.2) is 58.5 Å². The standard InChI is InChI=1S/C18H18N2O3S/c1-13(24-15-7-3-2-4-8-15)18(21)20-19-12-14-6-5-9-16-17(14)23-11-10-22-16/h2-9,12-13H,10-11H2,1H3,(H,20,21)/b19-12-/t13-/m1/s1. The van der Waals surface area contributed by atoms with E-state index in [2.05, 4.69) is 10.5 Å². The number of para-hydroxylation sites is 1. The minimum atomic E-state index is -0.242. The molecular weight excluding hydrogens is 324 g/mol. The van der Waals surface area contributed by atoms with Gasteiger partial charge in [-0.25, -0.2) is 5.43 Å². The van der Waals surface area contributed by atoms with Crippen LogP contribution >= 0.6 is 11.8 Å². The number of hydrogen-bond donors (Lipinski definition) is 1. The van der Waals surface area contributed by atoms with Crippen LogP contribution in [0, 0.1) is 0 Å². The van der Waals surface area contributed by atoms with E-state index in [1.807, 2.05) is 55.5 Å². The second-order valence-electron chi connectivity index (χ2n) is 5.18. The number of carbonyl (C=O) groups excluding carboxylic acids is 1. The van der Waals surface area contributed by atoms with Crippen molar-refractivity contribution in [1.29, 1.82) is 0 Å². The molecule has 1 atom stereocenters. The first kappa shape index (κ1) is 16.4. The number of rotatable bonds is 5. The summed E-state index contributed by atoms with van der Waals surface area (Å²) >= 11 is 1.49. The van der Waals surface area contributed by atoms with Crippen LogP contribution in [0.1, 0.15) is 12.5 Å². The van der Waals surface area contributed by atoms with Crippen molar-refractivity contribution in [3.8, 4) is 11.5 Å². The summed E-state index contributed by atoms with van der Waals surface area (Å²) in [7, 11) is 0. The maximum absolute atomic E-state index is 12.1. The maximum Gasteiger partial charge on any atom is 0.253 e. The first-order valence-corrected chi connectivity index (χ1v) is 8.55. The van der Waals surface area contributed by atoms with Crippen LogP contribution in [-0.2, 0) is 4.79 Å². The van der Waals surface area contributed by atoms with Gasteiger partial charge in [0.1, 0.15) is 13.2 Å². The molecule has 0 fully saturated rings. The number of benzene rings is 2. The molecule has 0 aromatic heterocycles. The number of thioether (sulfide) groups is 1. The van der Waals surface area contributed by atoms with E-state index < -0.39 is 0 Å². The van der Waals surface area contributed by atoms with Crippen molar-refractivity contribution < 1.29 is 14.3 Å². The Morgan fingerprint density at radius 1 is 1.17 bits per heavy atom. The molecule has 1 aliphatic heterocycles. The van der Waals surface area contributed by atoms with Gasteiger partial charge in [-0.05, 0) is 31.2 Å². The van der Waals surface area contributed by atoms with Crippen molar-refractivity contribution >= 4 is 23.9 Å². The van der Waals surface area contributed by atoms with Gasteiger partial charge < -0.3 is 9.47 Å². The Balaban J connectivity index is 1.59. The second-order valence-corrected chi connectivity index (χ2v) is 6.59. The molecule has 2 aromatic rings. The fourth-order valence-corrected chi connectivity index (χ4v) is 3.09. The molecule has 5 nitrogen and oxygen atoms in total. The van der Waals surface area contributed by atoms with Crippen LogP contribution in [0.5, 0.6) is 11.5 Å². The quantitative estimate of drug-likeness (QED) is 0.515. The normalized spacial score (nSPS) is 14.4. The molecule has 0 unspecified atom stereocenters. The molecule has 0 bridgehead atoms. The van der Waals surface area contributed by atoms with Crippen molar-refractivity contribution in [2.45, 2.75) is 17.1 Å². The average molecular weight is 342 g/mol. The smallest absolute Gasteiger partial charge is 0.253 e. The largest absolute Gasteiger partial charge is 0.486 e. The number of nitrogens with one attached hydrogen (secondary N) is 1. The highest BCUT2D eigenvalue weighted by atomic mass is 32.2. The van der Waals surface area contributed by atoms with Crippen LogP contribution in [0.3, 0.4) is 0 Å². The summed E-state index contributed by atoms with van der Waals surface area (Å²) in [4.78, 5) is 13.2. The molecule has 1 heterocycles. The van der Waals surface area contributed by atoms with Gasteiger partial charge in [-0.1, -0.05) is 24.3 Å². The van der Waals surface area contributed by atoms with Crippen LogP contribution in [-0.4, -0.2) is 30.6 Å². The zero-order valence-corrected chi connectivity index (χ0v) is 14.1. The number of fused-ring (bicyclic) bond motifs is 1. The minimum Gasteiger partial charge on any atom is -0.486 e. The molecule has 124 valence electrons. The molecule has 0 spiro atoms. The number of ether oxygens (including phenoxy) is 2. The van der Waals surface area contributed by atoms with Gasteiger partial charge in [0, 0.05) is 10.5 Å². The van der Waals surface area contributed by atoms with Crippen molar-refractivity contribution in [1.82, 2.24) is 5.43 Å². The molecule has 0 saturated carbocycles. The number of amides is 1.